The number of rotatable bonds is 6. The molecule has 4 rings (SSSR count). The Hall–Kier alpha value is -3.74. The van der Waals surface area contributed by atoms with Crippen molar-refractivity contribution in [1.29, 1.82) is 0 Å². The van der Waals surface area contributed by atoms with Crippen LogP contribution >= 0.6 is 0 Å². The maximum Gasteiger partial charge on any atom is 0.255 e. The molecule has 0 spiro atoms. The summed E-state index contributed by atoms with van der Waals surface area (Å²) in [5.74, 6) is -0.499. The number of benzene rings is 2. The Morgan fingerprint density at radius 1 is 0.964 bits per heavy atom. The predicted molar refractivity (Wildman–Crippen MR) is 103 cm³/mol. The molecule has 2 heterocycles. The minimum absolute atomic E-state index is 0.215. The van der Waals surface area contributed by atoms with Crippen molar-refractivity contribution in [3.63, 3.8) is 0 Å². The largest absolute Gasteiger partial charge is 0.319 e. The SMILES string of the molecule is O=C(Nc1cnn(Cc2cccc(F)c2)c1)c1cccc(Cn2cccn2)c1. The molecule has 2 aromatic heterocycles. The Labute approximate surface area is 161 Å². The molecule has 1 amide bonds. The zero-order valence-electron chi connectivity index (χ0n) is 15.0. The highest BCUT2D eigenvalue weighted by molar-refractivity contribution is 6.04. The second-order valence-corrected chi connectivity index (χ2v) is 6.41. The lowest BCUT2D eigenvalue weighted by molar-refractivity contribution is 0.102. The molecule has 0 atom stereocenters. The molecule has 0 aliphatic heterocycles. The van der Waals surface area contributed by atoms with Crippen molar-refractivity contribution in [2.45, 2.75) is 13.1 Å². The van der Waals surface area contributed by atoms with Crippen molar-refractivity contribution in [2.75, 3.05) is 5.32 Å². The van der Waals surface area contributed by atoms with Gasteiger partial charge in [0.05, 0.1) is 25.0 Å². The second-order valence-electron chi connectivity index (χ2n) is 6.41. The van der Waals surface area contributed by atoms with Crippen LogP contribution in [0.5, 0.6) is 0 Å². The maximum atomic E-state index is 13.3. The third kappa shape index (κ3) is 4.32. The van der Waals surface area contributed by atoms with E-state index in [0.717, 1.165) is 11.1 Å². The summed E-state index contributed by atoms with van der Waals surface area (Å²) in [7, 11) is 0. The summed E-state index contributed by atoms with van der Waals surface area (Å²) in [5, 5.41) is 11.2. The van der Waals surface area contributed by atoms with E-state index < -0.39 is 0 Å². The van der Waals surface area contributed by atoms with Gasteiger partial charge >= 0.3 is 0 Å². The van der Waals surface area contributed by atoms with Crippen LogP contribution in [0.3, 0.4) is 0 Å². The van der Waals surface area contributed by atoms with Crippen molar-refractivity contribution < 1.29 is 9.18 Å². The summed E-state index contributed by atoms with van der Waals surface area (Å²) in [6, 6.07) is 15.6. The number of halogens is 1. The Morgan fingerprint density at radius 2 is 1.75 bits per heavy atom. The smallest absolute Gasteiger partial charge is 0.255 e. The zero-order valence-corrected chi connectivity index (χ0v) is 15.0. The van der Waals surface area contributed by atoms with Crippen molar-refractivity contribution in [3.8, 4) is 0 Å². The lowest BCUT2D eigenvalue weighted by Crippen LogP contribution is -2.12. The molecule has 7 heteroatoms. The molecule has 0 aliphatic rings. The van der Waals surface area contributed by atoms with Crippen LogP contribution in [0.1, 0.15) is 21.5 Å². The number of carbonyl (C=O) groups is 1. The number of nitrogens with zero attached hydrogens (tertiary/aromatic N) is 4. The summed E-state index contributed by atoms with van der Waals surface area (Å²) >= 11 is 0. The number of carbonyl (C=O) groups excluding carboxylic acids is 1. The van der Waals surface area contributed by atoms with Crippen LogP contribution in [-0.2, 0) is 13.1 Å². The van der Waals surface area contributed by atoms with E-state index >= 15 is 0 Å². The fourth-order valence-electron chi connectivity index (χ4n) is 2.93. The van der Waals surface area contributed by atoms with Gasteiger partial charge in [-0.1, -0.05) is 24.3 Å². The summed E-state index contributed by atoms with van der Waals surface area (Å²) in [6.45, 7) is 1.02. The Bertz CT molecular complexity index is 1090. The third-order valence-electron chi connectivity index (χ3n) is 4.22. The summed E-state index contributed by atoms with van der Waals surface area (Å²) < 4.78 is 16.7. The van der Waals surface area contributed by atoms with Crippen LogP contribution < -0.4 is 5.32 Å². The van der Waals surface area contributed by atoms with Gasteiger partial charge in [-0.2, -0.15) is 10.2 Å². The first kappa shape index (κ1) is 17.7. The fourth-order valence-corrected chi connectivity index (χ4v) is 2.93. The van der Waals surface area contributed by atoms with E-state index in [4.69, 9.17) is 0 Å². The lowest BCUT2D eigenvalue weighted by atomic mass is 10.1. The summed E-state index contributed by atoms with van der Waals surface area (Å²) in [4.78, 5) is 12.6. The molecule has 140 valence electrons. The standard InChI is InChI=1S/C21H18FN5O/c22-19-7-2-5-17(11-19)14-27-15-20(12-24-27)25-21(28)18-6-1-4-16(10-18)13-26-9-3-8-23-26/h1-12,15H,13-14H2,(H,25,28). The first-order valence-corrected chi connectivity index (χ1v) is 8.80. The highest BCUT2D eigenvalue weighted by Crippen LogP contribution is 2.13. The third-order valence-corrected chi connectivity index (χ3v) is 4.22. The molecule has 0 radical (unpaired) electrons. The molecule has 2 aromatic carbocycles. The van der Waals surface area contributed by atoms with Gasteiger partial charge < -0.3 is 5.32 Å². The van der Waals surface area contributed by atoms with Gasteiger partial charge in [0.25, 0.3) is 5.91 Å². The number of anilines is 1. The maximum absolute atomic E-state index is 13.3. The predicted octanol–water partition coefficient (Wildman–Crippen LogP) is 3.57. The molecular weight excluding hydrogens is 357 g/mol. The zero-order chi connectivity index (χ0) is 19.3. The Balaban J connectivity index is 1.42. The van der Waals surface area contributed by atoms with Crippen LogP contribution in [0.4, 0.5) is 10.1 Å². The Morgan fingerprint density at radius 3 is 2.54 bits per heavy atom. The average Bonchev–Trinajstić information content (AvgIpc) is 3.34. The van der Waals surface area contributed by atoms with Crippen molar-refractivity contribution in [2.24, 2.45) is 0 Å². The van der Waals surface area contributed by atoms with Gasteiger partial charge in [-0.05, 0) is 41.5 Å². The molecule has 1 N–H and O–H groups in total. The van der Waals surface area contributed by atoms with Gasteiger partial charge in [0, 0.05) is 24.2 Å². The number of hydrogen-bond acceptors (Lipinski definition) is 3. The highest BCUT2D eigenvalue weighted by atomic mass is 19.1. The van der Waals surface area contributed by atoms with Crippen LogP contribution in [0, 0.1) is 5.82 Å². The van der Waals surface area contributed by atoms with Crippen molar-refractivity contribution >= 4 is 11.6 Å². The van der Waals surface area contributed by atoms with Gasteiger partial charge in [0.15, 0.2) is 0 Å². The first-order chi connectivity index (χ1) is 13.7. The average molecular weight is 375 g/mol. The molecule has 4 aromatic rings. The molecule has 0 bridgehead atoms. The van der Waals surface area contributed by atoms with Crippen molar-refractivity contribution in [1.82, 2.24) is 19.6 Å². The molecule has 0 unspecified atom stereocenters. The van der Waals surface area contributed by atoms with Gasteiger partial charge in [-0.25, -0.2) is 4.39 Å². The van der Waals surface area contributed by atoms with E-state index in [9.17, 15) is 9.18 Å². The van der Waals surface area contributed by atoms with E-state index in [-0.39, 0.29) is 11.7 Å². The number of hydrogen-bond donors (Lipinski definition) is 1. The van der Waals surface area contributed by atoms with Crippen molar-refractivity contribution in [3.05, 3.63) is 102 Å². The number of aromatic nitrogens is 4. The molecule has 0 fully saturated rings. The molecule has 0 aliphatic carbocycles. The van der Waals surface area contributed by atoms with Crippen LogP contribution in [-0.4, -0.2) is 25.5 Å². The normalized spacial score (nSPS) is 10.8. The molecular formula is C21H18FN5O. The lowest BCUT2D eigenvalue weighted by Gasteiger charge is -2.06. The molecule has 0 saturated carbocycles. The fraction of sp³-hybridized carbons (Fsp3) is 0.0952. The van der Waals surface area contributed by atoms with E-state index in [0.29, 0.717) is 24.3 Å². The van der Waals surface area contributed by atoms with Gasteiger partial charge in [-0.15, -0.1) is 0 Å². The number of amides is 1. The monoisotopic (exact) mass is 375 g/mol. The Kier molecular flexibility index (Phi) is 4.97. The quantitative estimate of drug-likeness (QED) is 0.560. The van der Waals surface area contributed by atoms with Gasteiger partial charge in [0.1, 0.15) is 5.82 Å². The minimum atomic E-state index is -0.284. The van der Waals surface area contributed by atoms with Crippen LogP contribution in [0.15, 0.2) is 79.4 Å². The highest BCUT2D eigenvalue weighted by Gasteiger charge is 2.09. The molecule has 6 nitrogen and oxygen atoms in total. The van der Waals surface area contributed by atoms with Gasteiger partial charge in [0.2, 0.25) is 0 Å². The molecule has 0 saturated heterocycles. The van der Waals surface area contributed by atoms with Crippen LogP contribution in [0.25, 0.3) is 0 Å². The van der Waals surface area contributed by atoms with Crippen LogP contribution in [0.2, 0.25) is 0 Å². The van der Waals surface area contributed by atoms with E-state index in [1.54, 1.807) is 40.1 Å². The second kappa shape index (κ2) is 7.87. The molecule has 28 heavy (non-hydrogen) atoms. The van der Waals surface area contributed by atoms with Gasteiger partial charge in [-0.3, -0.25) is 14.2 Å². The minimum Gasteiger partial charge on any atom is -0.319 e. The number of nitrogens with one attached hydrogen (secondary N) is 1. The van der Waals surface area contributed by atoms with E-state index in [1.165, 1.54) is 12.1 Å². The van der Waals surface area contributed by atoms with E-state index in [2.05, 4.69) is 15.5 Å². The summed E-state index contributed by atoms with van der Waals surface area (Å²) in [6.07, 6.45) is 6.89. The first-order valence-electron chi connectivity index (χ1n) is 8.80. The summed E-state index contributed by atoms with van der Waals surface area (Å²) in [5.41, 5.74) is 2.92. The van der Waals surface area contributed by atoms with E-state index in [1.807, 2.05) is 36.5 Å². The topological polar surface area (TPSA) is 64.7 Å².